The second-order valence-electron chi connectivity index (χ2n) is 8.66. The lowest BCUT2D eigenvalue weighted by Crippen LogP contribution is -2.40. The van der Waals surface area contributed by atoms with Crippen LogP contribution < -0.4 is 10.1 Å². The van der Waals surface area contributed by atoms with E-state index in [-0.39, 0.29) is 18.6 Å². The van der Waals surface area contributed by atoms with Crippen molar-refractivity contribution in [3.63, 3.8) is 0 Å². The molecule has 2 aromatic rings. The first-order valence-corrected chi connectivity index (χ1v) is 10.1. The van der Waals surface area contributed by atoms with Crippen molar-refractivity contribution in [2.45, 2.75) is 53.2 Å². The Bertz CT molecular complexity index is 959. The van der Waals surface area contributed by atoms with Gasteiger partial charge in [0.25, 0.3) is 5.91 Å². The lowest BCUT2D eigenvalue weighted by Gasteiger charge is -2.29. The molecule has 0 fully saturated rings. The smallest absolute Gasteiger partial charge is 0.410 e. The fourth-order valence-electron chi connectivity index (χ4n) is 3.41. The predicted octanol–water partition coefficient (Wildman–Crippen LogP) is 3.35. The van der Waals surface area contributed by atoms with Gasteiger partial charge in [0.1, 0.15) is 17.2 Å². The molecule has 3 rings (SSSR count). The first-order chi connectivity index (χ1) is 14.0. The van der Waals surface area contributed by atoms with Crippen LogP contribution in [-0.4, -0.2) is 45.4 Å². The molecular weight excluding hydrogens is 384 g/mol. The van der Waals surface area contributed by atoms with Gasteiger partial charge in [0, 0.05) is 25.6 Å². The maximum Gasteiger partial charge on any atom is 0.410 e. The van der Waals surface area contributed by atoms with Gasteiger partial charge in [0.2, 0.25) is 0 Å². The molecule has 1 aromatic heterocycles. The van der Waals surface area contributed by atoms with Crippen LogP contribution in [0.1, 0.15) is 43.2 Å². The number of nitrogens with zero attached hydrogens (tertiary/aromatic N) is 3. The summed E-state index contributed by atoms with van der Waals surface area (Å²) in [5.74, 6) is 0.974. The summed E-state index contributed by atoms with van der Waals surface area (Å²) in [5.41, 5.74) is 3.26. The number of aromatic nitrogens is 2. The number of carbonyl (C=O) groups is 2. The summed E-state index contributed by atoms with van der Waals surface area (Å²) >= 11 is 0. The topological polar surface area (TPSA) is 85.7 Å². The minimum atomic E-state index is -0.561. The first kappa shape index (κ1) is 21.7. The quantitative estimate of drug-likeness (QED) is 0.829. The van der Waals surface area contributed by atoms with Crippen LogP contribution in [0.5, 0.6) is 5.75 Å². The lowest BCUT2D eigenvalue weighted by atomic mass is 10.1. The van der Waals surface area contributed by atoms with Gasteiger partial charge in [0.05, 0.1) is 12.2 Å². The van der Waals surface area contributed by atoms with E-state index in [1.54, 1.807) is 16.6 Å². The molecule has 1 aromatic carbocycles. The Balaban J connectivity index is 1.67. The van der Waals surface area contributed by atoms with Crippen molar-refractivity contribution >= 4 is 17.8 Å². The molecular formula is C22H30N4O4. The number of aryl methyl sites for hydroxylation is 3. The molecule has 2 amide bonds. The highest BCUT2D eigenvalue weighted by molar-refractivity contribution is 5.92. The maximum atomic E-state index is 12.5. The van der Waals surface area contributed by atoms with Crippen LogP contribution in [0, 0.1) is 13.8 Å². The van der Waals surface area contributed by atoms with Crippen LogP contribution in [0.3, 0.4) is 0 Å². The summed E-state index contributed by atoms with van der Waals surface area (Å²) in [4.78, 5) is 26.6. The molecule has 0 radical (unpaired) electrons. The van der Waals surface area contributed by atoms with Crippen LogP contribution in [0.2, 0.25) is 0 Å². The van der Waals surface area contributed by atoms with E-state index in [2.05, 4.69) is 10.4 Å². The molecule has 0 atom stereocenters. The van der Waals surface area contributed by atoms with E-state index in [1.165, 1.54) is 0 Å². The number of anilines is 1. The van der Waals surface area contributed by atoms with E-state index < -0.39 is 5.60 Å². The fourth-order valence-corrected chi connectivity index (χ4v) is 3.41. The van der Waals surface area contributed by atoms with Crippen LogP contribution in [0.4, 0.5) is 10.6 Å². The number of rotatable bonds is 4. The third-order valence-electron chi connectivity index (χ3n) is 4.79. The Morgan fingerprint density at radius 1 is 1.23 bits per heavy atom. The van der Waals surface area contributed by atoms with Crippen molar-refractivity contribution in [3.05, 3.63) is 40.6 Å². The van der Waals surface area contributed by atoms with E-state index in [0.29, 0.717) is 31.1 Å². The molecule has 1 N–H and O–H groups in total. The largest absolute Gasteiger partial charge is 0.483 e. The van der Waals surface area contributed by atoms with Gasteiger partial charge in [-0.3, -0.25) is 9.48 Å². The van der Waals surface area contributed by atoms with Crippen LogP contribution >= 0.6 is 0 Å². The molecule has 8 heteroatoms. The zero-order valence-corrected chi connectivity index (χ0v) is 18.5. The van der Waals surface area contributed by atoms with Crippen LogP contribution in [0.15, 0.2) is 18.2 Å². The number of carbonyl (C=O) groups excluding carboxylic acids is 2. The monoisotopic (exact) mass is 414 g/mol. The zero-order chi connectivity index (χ0) is 22.1. The van der Waals surface area contributed by atoms with Crippen molar-refractivity contribution in [2.75, 3.05) is 18.5 Å². The highest BCUT2D eigenvalue weighted by Crippen LogP contribution is 2.27. The average Bonchev–Trinajstić information content (AvgIpc) is 2.94. The molecule has 1 aliphatic rings. The number of hydrogen-bond donors (Lipinski definition) is 1. The Labute approximate surface area is 177 Å². The molecule has 30 heavy (non-hydrogen) atoms. The number of nitrogens with one attached hydrogen (secondary N) is 1. The Kier molecular flexibility index (Phi) is 6.05. The molecule has 0 saturated carbocycles. The molecule has 0 bridgehead atoms. The molecule has 162 valence electrons. The second kappa shape index (κ2) is 8.38. The number of hydrogen-bond acceptors (Lipinski definition) is 5. The van der Waals surface area contributed by atoms with E-state index in [0.717, 1.165) is 22.4 Å². The molecule has 2 heterocycles. The minimum absolute atomic E-state index is 0.111. The van der Waals surface area contributed by atoms with Crippen molar-refractivity contribution in [1.29, 1.82) is 0 Å². The number of amides is 2. The average molecular weight is 415 g/mol. The van der Waals surface area contributed by atoms with Crippen molar-refractivity contribution < 1.29 is 19.1 Å². The third-order valence-corrected chi connectivity index (χ3v) is 4.79. The summed E-state index contributed by atoms with van der Waals surface area (Å²) < 4.78 is 12.8. The third kappa shape index (κ3) is 5.11. The Morgan fingerprint density at radius 2 is 1.97 bits per heavy atom. The van der Waals surface area contributed by atoms with Gasteiger partial charge in [-0.05, 0) is 46.2 Å². The maximum absolute atomic E-state index is 12.5. The SMILES string of the molecule is Cc1ccc(OCC(=O)Nc2c3c(nn2C)CCN(C(=O)OC(C)(C)C)C3)c(C)c1. The van der Waals surface area contributed by atoms with Crippen LogP contribution in [-0.2, 0) is 29.5 Å². The lowest BCUT2D eigenvalue weighted by molar-refractivity contribution is -0.118. The van der Waals surface area contributed by atoms with E-state index in [9.17, 15) is 9.59 Å². The van der Waals surface area contributed by atoms with Gasteiger partial charge in [0.15, 0.2) is 6.61 Å². The molecule has 0 aliphatic carbocycles. The molecule has 0 unspecified atom stereocenters. The number of benzene rings is 1. The highest BCUT2D eigenvalue weighted by atomic mass is 16.6. The van der Waals surface area contributed by atoms with Crippen molar-refractivity contribution in [3.8, 4) is 5.75 Å². The number of ether oxygens (including phenoxy) is 2. The summed E-state index contributed by atoms with van der Waals surface area (Å²) in [6.45, 7) is 10.2. The molecule has 1 aliphatic heterocycles. The van der Waals surface area contributed by atoms with E-state index in [1.807, 2.05) is 52.8 Å². The predicted molar refractivity (Wildman–Crippen MR) is 114 cm³/mol. The molecule has 8 nitrogen and oxygen atoms in total. The standard InChI is InChI=1S/C22H30N4O4/c1-14-7-8-18(15(2)11-14)29-13-19(27)23-20-16-12-26(21(28)30-22(3,4)5)10-9-17(16)24-25(20)6/h7-8,11H,9-10,12-13H2,1-6H3,(H,23,27). The van der Waals surface area contributed by atoms with Crippen molar-refractivity contribution in [1.82, 2.24) is 14.7 Å². The summed E-state index contributed by atoms with van der Waals surface area (Å²) in [6.07, 6.45) is 0.240. The summed E-state index contributed by atoms with van der Waals surface area (Å²) in [6, 6.07) is 5.82. The van der Waals surface area contributed by atoms with Gasteiger partial charge in [-0.1, -0.05) is 17.7 Å². The van der Waals surface area contributed by atoms with Gasteiger partial charge in [-0.2, -0.15) is 5.10 Å². The summed E-state index contributed by atoms with van der Waals surface area (Å²) in [7, 11) is 1.77. The van der Waals surface area contributed by atoms with Crippen molar-refractivity contribution in [2.24, 2.45) is 7.05 Å². The normalized spacial score (nSPS) is 13.6. The fraction of sp³-hybridized carbons (Fsp3) is 0.500. The Morgan fingerprint density at radius 3 is 2.63 bits per heavy atom. The number of fused-ring (bicyclic) bond motifs is 1. The molecule has 0 saturated heterocycles. The highest BCUT2D eigenvalue weighted by Gasteiger charge is 2.30. The second-order valence-corrected chi connectivity index (χ2v) is 8.66. The Hall–Kier alpha value is -3.03. The van der Waals surface area contributed by atoms with Gasteiger partial charge in [-0.15, -0.1) is 0 Å². The van der Waals surface area contributed by atoms with E-state index >= 15 is 0 Å². The van der Waals surface area contributed by atoms with Gasteiger partial charge >= 0.3 is 6.09 Å². The summed E-state index contributed by atoms with van der Waals surface area (Å²) in [5, 5.41) is 7.38. The van der Waals surface area contributed by atoms with Gasteiger partial charge in [-0.25, -0.2) is 4.79 Å². The zero-order valence-electron chi connectivity index (χ0n) is 18.5. The first-order valence-electron chi connectivity index (χ1n) is 10.1. The van der Waals surface area contributed by atoms with Gasteiger partial charge < -0.3 is 19.7 Å². The van der Waals surface area contributed by atoms with E-state index in [4.69, 9.17) is 9.47 Å². The minimum Gasteiger partial charge on any atom is -0.483 e. The molecule has 0 spiro atoms. The van der Waals surface area contributed by atoms with Crippen LogP contribution in [0.25, 0.3) is 0 Å².